The van der Waals surface area contributed by atoms with Gasteiger partial charge in [-0.3, -0.25) is 41.4 Å². The van der Waals surface area contributed by atoms with Crippen LogP contribution in [0.3, 0.4) is 0 Å². The van der Waals surface area contributed by atoms with Gasteiger partial charge in [0.2, 0.25) is 0 Å². The minimum atomic E-state index is -5.11. The molecule has 104 heavy (non-hydrogen) atoms. The van der Waals surface area contributed by atoms with Crippen molar-refractivity contribution < 1.29 is 84.9 Å². The lowest BCUT2D eigenvalue weighted by atomic mass is 10.0. The molecule has 3 aliphatic rings. The summed E-state index contributed by atoms with van der Waals surface area (Å²) in [6, 6.07) is 0. The number of nitrogen functional groups attached to an aromatic ring is 3. The van der Waals surface area contributed by atoms with Crippen molar-refractivity contribution in [3.05, 3.63) is 38.0 Å². The number of unbranched alkanes of at least 4 members (excludes halogenated alkanes) is 26. The molecule has 0 aliphatic carbocycles. The Morgan fingerprint density at radius 2 is 0.827 bits per heavy atom. The van der Waals surface area contributed by atoms with E-state index in [2.05, 4.69) is 58.7 Å². The van der Waals surface area contributed by atoms with E-state index in [9.17, 15) is 33.6 Å². The molecule has 0 amide bonds. The van der Waals surface area contributed by atoms with E-state index in [1.807, 2.05) is 0 Å². The Morgan fingerprint density at radius 3 is 1.25 bits per heavy atom. The molecule has 3 saturated heterocycles. The average molecular weight is 1500 g/mol. The smallest absolute Gasteiger partial charge is 0.463 e. The van der Waals surface area contributed by atoms with Gasteiger partial charge in [0.05, 0.1) is 70.0 Å². The van der Waals surface area contributed by atoms with Crippen molar-refractivity contribution >= 4 is 78.5 Å². The average Bonchev–Trinajstić information content (AvgIpc) is 1.65. The highest BCUT2D eigenvalue weighted by Crippen LogP contribution is 2.53. The summed E-state index contributed by atoms with van der Waals surface area (Å²) in [5.41, 5.74) is 19.5. The van der Waals surface area contributed by atoms with Gasteiger partial charge in [-0.05, 0) is 12.8 Å². The molecular weight excluding hydrogens is 1390 g/mol. The minimum Gasteiger partial charge on any atom is -0.463 e. The van der Waals surface area contributed by atoms with Crippen LogP contribution < -0.4 is 17.2 Å². The fourth-order valence-corrected chi connectivity index (χ4v) is 15.3. The van der Waals surface area contributed by atoms with Crippen LogP contribution in [0.15, 0.2) is 38.0 Å². The normalized spacial score (nSPS) is 22.1. The Hall–Kier alpha value is -6.03. The lowest BCUT2D eigenvalue weighted by Gasteiger charge is -2.23. The van der Waals surface area contributed by atoms with Crippen LogP contribution in [0.5, 0.6) is 0 Å². The van der Waals surface area contributed by atoms with Crippen molar-refractivity contribution in [1.82, 2.24) is 58.6 Å². The SMILES string of the molecule is CCCCCCCCCCCCCCCCOCC(COC(=O)CCC(=O)OC[C@@H]1C[C@@H](OP(=O)(O)OC[C@@H]2C[C@@H](OP(=O)(O)OC[C@@H]3C[C@@H](O)[C@H](n4cnc5c(N)ncnc54)O3)[C@H](n3cnc4c(N)ncnc43)O2)[C@H](n2cnc3c(N)ncnc32)O1)OCCCCCCCCCCCCCCCC. The number of carbonyl (C=O) groups excluding carboxylic acids is 2. The molecule has 9 heterocycles. The van der Waals surface area contributed by atoms with Gasteiger partial charge >= 0.3 is 27.6 Å². The number of anilines is 3. The summed E-state index contributed by atoms with van der Waals surface area (Å²) in [6.07, 6.45) is 31.3. The van der Waals surface area contributed by atoms with Gasteiger partial charge in [0, 0.05) is 32.5 Å². The number of ether oxygens (including phenoxy) is 7. The van der Waals surface area contributed by atoms with Crippen LogP contribution in [0.25, 0.3) is 33.5 Å². The highest BCUT2D eigenvalue weighted by molar-refractivity contribution is 7.47. The Morgan fingerprint density at radius 1 is 0.471 bits per heavy atom. The molecule has 3 unspecified atom stereocenters. The molecule has 6 aromatic heterocycles. The second-order valence-corrected chi connectivity index (χ2v) is 30.2. The lowest BCUT2D eigenvalue weighted by Crippen LogP contribution is -2.28. The van der Waals surface area contributed by atoms with Gasteiger partial charge in [-0.25, -0.2) is 54.0 Å². The molecule has 0 saturated carbocycles. The van der Waals surface area contributed by atoms with E-state index < -0.39 is 102 Å². The molecular formula is C69H111N15O18P2. The lowest BCUT2D eigenvalue weighted by molar-refractivity contribution is -0.155. The number of nitrogens with two attached hydrogens (primary N) is 3. The maximum atomic E-state index is 14.1. The fourth-order valence-electron chi connectivity index (χ4n) is 13.4. The number of nitrogens with zero attached hydrogens (tertiary/aromatic N) is 12. The first-order chi connectivity index (χ1) is 50.5. The van der Waals surface area contributed by atoms with Crippen LogP contribution in [-0.2, 0) is 70.0 Å². The fraction of sp³-hybridized carbons (Fsp3) is 0.754. The van der Waals surface area contributed by atoms with E-state index in [1.165, 1.54) is 199 Å². The predicted molar refractivity (Wildman–Crippen MR) is 384 cm³/mol. The van der Waals surface area contributed by atoms with Crippen LogP contribution in [0.4, 0.5) is 17.5 Å². The highest BCUT2D eigenvalue weighted by Gasteiger charge is 2.47. The van der Waals surface area contributed by atoms with Crippen molar-refractivity contribution in [2.24, 2.45) is 0 Å². The number of imidazole rings is 3. The molecule has 9 rings (SSSR count). The Bertz CT molecular complexity index is 3630. The molecule has 6 aromatic rings. The van der Waals surface area contributed by atoms with E-state index in [-0.39, 0.29) is 91.7 Å². The summed E-state index contributed by atoms with van der Waals surface area (Å²) in [4.78, 5) is 86.7. The zero-order chi connectivity index (χ0) is 73.5. The molecule has 3 fully saturated rings. The molecule has 12 atom stereocenters. The number of carbonyl (C=O) groups is 2. The minimum absolute atomic E-state index is 0.0119. The third-order valence-electron chi connectivity index (χ3n) is 19.0. The zero-order valence-corrected chi connectivity index (χ0v) is 62.3. The Kier molecular flexibility index (Phi) is 34.0. The monoisotopic (exact) mass is 1500 g/mol. The van der Waals surface area contributed by atoms with Gasteiger partial charge in [-0.15, -0.1) is 0 Å². The van der Waals surface area contributed by atoms with Crippen molar-refractivity contribution in [2.75, 3.05) is 63.4 Å². The van der Waals surface area contributed by atoms with Gasteiger partial charge in [0.15, 0.2) is 53.1 Å². The van der Waals surface area contributed by atoms with Crippen LogP contribution in [-0.4, -0.2) is 174 Å². The van der Waals surface area contributed by atoms with Crippen molar-refractivity contribution in [3.8, 4) is 0 Å². The molecule has 0 radical (unpaired) electrons. The molecule has 0 aromatic carbocycles. The quantitative estimate of drug-likeness (QED) is 0.0117. The predicted octanol–water partition coefficient (Wildman–Crippen LogP) is 11.7. The number of phosphoric ester groups is 2. The first-order valence-electron chi connectivity index (χ1n) is 37.7. The summed E-state index contributed by atoms with van der Waals surface area (Å²) in [7, 11) is -10.1. The first-order valence-corrected chi connectivity index (χ1v) is 40.7. The second-order valence-electron chi connectivity index (χ2n) is 27.4. The van der Waals surface area contributed by atoms with Gasteiger partial charge in [0.1, 0.15) is 73.2 Å². The Balaban J connectivity index is 0.734. The van der Waals surface area contributed by atoms with Gasteiger partial charge in [-0.1, -0.05) is 181 Å². The number of aliphatic hydroxyl groups is 1. The summed E-state index contributed by atoms with van der Waals surface area (Å²) < 4.78 is 97.1. The van der Waals surface area contributed by atoms with Crippen molar-refractivity contribution in [2.45, 2.75) is 287 Å². The van der Waals surface area contributed by atoms with E-state index in [0.717, 1.165) is 32.1 Å². The van der Waals surface area contributed by atoms with Crippen LogP contribution in [0.2, 0.25) is 0 Å². The number of fused-ring (bicyclic) bond motifs is 3. The Labute approximate surface area is 608 Å². The summed E-state index contributed by atoms with van der Waals surface area (Å²) >= 11 is 0. The van der Waals surface area contributed by atoms with Crippen LogP contribution >= 0.6 is 15.6 Å². The van der Waals surface area contributed by atoms with Gasteiger partial charge < -0.3 is 65.3 Å². The molecule has 33 nitrogen and oxygen atoms in total. The number of phosphoric acid groups is 2. The molecule has 3 aliphatic heterocycles. The van der Waals surface area contributed by atoms with E-state index in [0.29, 0.717) is 24.4 Å². The number of aliphatic hydroxyl groups excluding tert-OH is 1. The van der Waals surface area contributed by atoms with Crippen molar-refractivity contribution in [3.63, 3.8) is 0 Å². The standard InChI is InChI=1S/C69H111N15O18P2/c1-3-5-7-9-11-13-15-17-19-21-23-25-27-29-33-92-38-52(93-34-30-28-26-24-22-20-18-16-14-12-10-8-6-4-2)40-95-57(87)32-31-56(86)94-39-50-36-54(68(99-50)83-47-80-59-62(71)74-44-77-65(59)83)101-104(90,91)97-42-51-37-55(69(100-51)84-48-81-60-63(72)75-45-78-66(60)84)102-103(88,89)96-41-49-35-53(85)67(98-49)82-46-79-58-61(70)73-43-76-64(58)82/h43-55,67-69,85H,3-42H2,1-2H3,(H,88,89)(H,90,91)(H2,70,73,76)(H2,71,74,77)(H2,72,75,78)/t49-,50-,51-,52?,53+,54+,55+,67+,68+,69+/m0/s1. The van der Waals surface area contributed by atoms with Crippen LogP contribution in [0, 0.1) is 0 Å². The topological polar surface area (TPSA) is 439 Å². The molecule has 580 valence electrons. The molecule has 0 bridgehead atoms. The number of rotatable bonds is 53. The maximum Gasteiger partial charge on any atom is 0.472 e. The third kappa shape index (κ3) is 25.9. The van der Waals surface area contributed by atoms with E-state index in [1.54, 1.807) is 0 Å². The van der Waals surface area contributed by atoms with Crippen LogP contribution in [0.1, 0.15) is 244 Å². The second kappa shape index (κ2) is 43.1. The number of hydrogen-bond acceptors (Lipinski definition) is 28. The van der Waals surface area contributed by atoms with E-state index >= 15 is 0 Å². The number of hydrogen-bond donors (Lipinski definition) is 6. The summed E-state index contributed by atoms with van der Waals surface area (Å²) in [5.74, 6) is -1.12. The van der Waals surface area contributed by atoms with Gasteiger partial charge in [-0.2, -0.15) is 0 Å². The third-order valence-corrected chi connectivity index (χ3v) is 21.0. The van der Waals surface area contributed by atoms with E-state index in [4.69, 9.17) is 68.5 Å². The molecule has 0 spiro atoms. The number of aromatic nitrogens is 12. The number of esters is 2. The molecule has 35 heteroatoms. The summed E-state index contributed by atoms with van der Waals surface area (Å²) in [6.45, 7) is 4.36. The molecule has 9 N–H and O–H groups in total. The highest BCUT2D eigenvalue weighted by atomic mass is 31.2. The zero-order valence-electron chi connectivity index (χ0n) is 60.5. The maximum absolute atomic E-state index is 14.1. The largest absolute Gasteiger partial charge is 0.472 e. The first kappa shape index (κ1) is 82.0. The van der Waals surface area contributed by atoms with Crippen molar-refractivity contribution in [1.29, 1.82) is 0 Å². The summed E-state index contributed by atoms with van der Waals surface area (Å²) in [5, 5.41) is 11.0. The van der Waals surface area contributed by atoms with Gasteiger partial charge in [0.25, 0.3) is 0 Å².